The Labute approximate surface area is 108 Å². The van der Waals surface area contributed by atoms with Gasteiger partial charge in [-0.3, -0.25) is 4.79 Å². The van der Waals surface area contributed by atoms with Crippen molar-refractivity contribution in [2.24, 2.45) is 0 Å². The minimum Gasteiger partial charge on any atom is -0.494 e. The van der Waals surface area contributed by atoms with Crippen LogP contribution in [-0.2, 0) is 4.79 Å². The van der Waals surface area contributed by atoms with Crippen molar-refractivity contribution in [1.29, 1.82) is 0 Å². The zero-order chi connectivity index (χ0) is 11.4. The number of ketones is 1. The van der Waals surface area contributed by atoms with Crippen LogP contribution in [0.25, 0.3) is 0 Å². The number of carbonyl (C=O) groups excluding carboxylic acids is 1. The molecular weight excluding hydrogens is 326 g/mol. The number of hydrogen-bond donors (Lipinski definition) is 0. The third-order valence-electron chi connectivity index (χ3n) is 1.91. The molecule has 0 aliphatic rings. The summed E-state index contributed by atoms with van der Waals surface area (Å²) in [6, 6.07) is 5.56. The Morgan fingerprint density at radius 2 is 2.27 bits per heavy atom. The molecule has 0 bridgehead atoms. The summed E-state index contributed by atoms with van der Waals surface area (Å²) in [6.45, 7) is 4.05. The Morgan fingerprint density at radius 1 is 1.60 bits per heavy atom. The fourth-order valence-corrected chi connectivity index (χ4v) is 2.36. The molecule has 0 heterocycles. The molecule has 0 spiro atoms. The number of benzene rings is 1. The van der Waals surface area contributed by atoms with Gasteiger partial charge < -0.3 is 4.74 Å². The maximum Gasteiger partial charge on any atom is 0.152 e. The van der Waals surface area contributed by atoms with Crippen molar-refractivity contribution < 1.29 is 9.53 Å². The second-order valence-corrected chi connectivity index (χ2v) is 4.69. The number of Topliss-reactive ketones (excluding diaryl/α,β-unsaturated/α-hetero) is 1. The lowest BCUT2D eigenvalue weighted by Gasteiger charge is -2.10. The van der Waals surface area contributed by atoms with Crippen molar-refractivity contribution in [3.63, 3.8) is 0 Å². The Balaban J connectivity index is 2.97. The number of halogens is 2. The first-order valence-electron chi connectivity index (χ1n) is 4.63. The number of alkyl halides is 1. The topological polar surface area (TPSA) is 26.3 Å². The average Bonchev–Trinajstić information content (AvgIpc) is 2.17. The van der Waals surface area contributed by atoms with Crippen molar-refractivity contribution >= 4 is 40.0 Å². The van der Waals surface area contributed by atoms with Crippen LogP contribution in [0.3, 0.4) is 0 Å². The molecule has 0 radical (unpaired) electrons. The summed E-state index contributed by atoms with van der Waals surface area (Å²) in [5.41, 5.74) is 0.841. The Morgan fingerprint density at radius 3 is 2.73 bits per heavy atom. The fraction of sp³-hybridized carbons (Fsp3) is 0.364. The highest BCUT2D eigenvalue weighted by molar-refractivity contribution is 14.1. The predicted molar refractivity (Wildman–Crippen MR) is 69.6 cm³/mol. The Bertz CT molecular complexity index is 366. The van der Waals surface area contributed by atoms with Crippen LogP contribution in [0.15, 0.2) is 18.2 Å². The summed E-state index contributed by atoms with van der Waals surface area (Å²) in [7, 11) is 0. The molecule has 1 unspecified atom stereocenters. The Kier molecular flexibility index (Phi) is 4.86. The van der Waals surface area contributed by atoms with Crippen LogP contribution in [0.4, 0.5) is 0 Å². The lowest BCUT2D eigenvalue weighted by Crippen LogP contribution is -2.04. The van der Waals surface area contributed by atoms with Crippen LogP contribution in [0.1, 0.15) is 24.8 Å². The van der Waals surface area contributed by atoms with E-state index in [2.05, 4.69) is 22.6 Å². The van der Waals surface area contributed by atoms with E-state index >= 15 is 0 Å². The van der Waals surface area contributed by atoms with Gasteiger partial charge in [-0.15, -0.1) is 11.6 Å². The highest BCUT2D eigenvalue weighted by Gasteiger charge is 2.16. The molecule has 1 aromatic carbocycles. The lowest BCUT2D eigenvalue weighted by molar-refractivity contribution is -0.116. The molecule has 1 aromatic rings. The second kappa shape index (κ2) is 5.70. The number of rotatable bonds is 4. The van der Waals surface area contributed by atoms with E-state index in [4.69, 9.17) is 16.3 Å². The number of ether oxygens (including phenoxy) is 1. The smallest absolute Gasteiger partial charge is 0.152 e. The fourth-order valence-electron chi connectivity index (χ4n) is 1.19. The second-order valence-electron chi connectivity index (χ2n) is 3.09. The van der Waals surface area contributed by atoms with E-state index in [1.807, 2.05) is 25.1 Å². The zero-order valence-electron chi connectivity index (χ0n) is 8.59. The SMILES string of the molecule is CCOc1ccc(C(Cl)C(C)=O)c(I)c1. The molecule has 0 N–H and O–H groups in total. The van der Waals surface area contributed by atoms with Gasteiger partial charge in [-0.05, 0) is 54.1 Å². The van der Waals surface area contributed by atoms with E-state index in [0.717, 1.165) is 14.9 Å². The molecule has 0 amide bonds. The van der Waals surface area contributed by atoms with Crippen molar-refractivity contribution in [2.45, 2.75) is 19.2 Å². The van der Waals surface area contributed by atoms with E-state index in [1.165, 1.54) is 6.92 Å². The summed E-state index contributed by atoms with van der Waals surface area (Å²) < 4.78 is 6.30. The van der Waals surface area contributed by atoms with Crippen LogP contribution in [0.5, 0.6) is 5.75 Å². The number of carbonyl (C=O) groups is 1. The molecule has 0 saturated carbocycles. The van der Waals surface area contributed by atoms with Crippen LogP contribution in [0.2, 0.25) is 0 Å². The largest absolute Gasteiger partial charge is 0.494 e. The van der Waals surface area contributed by atoms with Gasteiger partial charge in [0.15, 0.2) is 5.78 Å². The first-order valence-corrected chi connectivity index (χ1v) is 6.14. The molecule has 0 fully saturated rings. The van der Waals surface area contributed by atoms with Gasteiger partial charge in [0, 0.05) is 3.57 Å². The molecule has 0 saturated heterocycles. The van der Waals surface area contributed by atoms with Crippen molar-refractivity contribution in [2.75, 3.05) is 6.61 Å². The highest BCUT2D eigenvalue weighted by Crippen LogP contribution is 2.29. The average molecular weight is 339 g/mol. The van der Waals surface area contributed by atoms with E-state index < -0.39 is 5.38 Å². The summed E-state index contributed by atoms with van der Waals surface area (Å²) in [5.74, 6) is 0.761. The summed E-state index contributed by atoms with van der Waals surface area (Å²) in [5, 5.41) is -0.562. The van der Waals surface area contributed by atoms with Crippen LogP contribution in [-0.4, -0.2) is 12.4 Å². The molecule has 0 aliphatic heterocycles. The third-order valence-corrected chi connectivity index (χ3v) is 3.39. The summed E-state index contributed by atoms with van der Waals surface area (Å²) in [4.78, 5) is 11.1. The van der Waals surface area contributed by atoms with Crippen molar-refractivity contribution in [3.05, 3.63) is 27.3 Å². The predicted octanol–water partition coefficient (Wildman–Crippen LogP) is 3.56. The summed E-state index contributed by atoms with van der Waals surface area (Å²) in [6.07, 6.45) is 0. The highest BCUT2D eigenvalue weighted by atomic mass is 127. The molecule has 0 aliphatic carbocycles. The molecule has 1 atom stereocenters. The maximum absolute atomic E-state index is 11.1. The van der Waals surface area contributed by atoms with E-state index in [-0.39, 0.29) is 5.78 Å². The van der Waals surface area contributed by atoms with E-state index in [0.29, 0.717) is 6.61 Å². The van der Waals surface area contributed by atoms with Gasteiger partial charge in [0.25, 0.3) is 0 Å². The molecule has 4 heteroatoms. The van der Waals surface area contributed by atoms with Gasteiger partial charge in [0.2, 0.25) is 0 Å². The molecule has 0 aromatic heterocycles. The van der Waals surface area contributed by atoms with Gasteiger partial charge >= 0.3 is 0 Å². The lowest BCUT2D eigenvalue weighted by atomic mass is 10.1. The molecule has 1 rings (SSSR count). The van der Waals surface area contributed by atoms with Crippen molar-refractivity contribution in [3.8, 4) is 5.75 Å². The minimum atomic E-state index is -0.562. The first kappa shape index (κ1) is 12.8. The molecule has 2 nitrogen and oxygen atoms in total. The first-order chi connectivity index (χ1) is 7.06. The minimum absolute atomic E-state index is 0.0428. The van der Waals surface area contributed by atoms with Gasteiger partial charge in [0.05, 0.1) is 6.61 Å². The molecule has 82 valence electrons. The Hall–Kier alpha value is -0.290. The standard InChI is InChI=1S/C11H12ClIO2/c1-3-15-8-4-5-9(10(13)6-8)11(12)7(2)14/h4-6,11H,3H2,1-2H3. The van der Waals surface area contributed by atoms with Gasteiger partial charge in [-0.2, -0.15) is 0 Å². The molecule has 15 heavy (non-hydrogen) atoms. The van der Waals surface area contributed by atoms with E-state index in [9.17, 15) is 4.79 Å². The van der Waals surface area contributed by atoms with Gasteiger partial charge in [-0.25, -0.2) is 0 Å². The van der Waals surface area contributed by atoms with Gasteiger partial charge in [-0.1, -0.05) is 6.07 Å². The van der Waals surface area contributed by atoms with Crippen LogP contribution < -0.4 is 4.74 Å². The quantitative estimate of drug-likeness (QED) is 0.620. The molecular formula is C11H12ClIO2. The van der Waals surface area contributed by atoms with Crippen LogP contribution >= 0.6 is 34.2 Å². The maximum atomic E-state index is 11.1. The summed E-state index contributed by atoms with van der Waals surface area (Å²) >= 11 is 8.14. The van der Waals surface area contributed by atoms with Crippen molar-refractivity contribution in [1.82, 2.24) is 0 Å². The van der Waals surface area contributed by atoms with Crippen LogP contribution in [0, 0.1) is 3.57 Å². The monoisotopic (exact) mass is 338 g/mol. The zero-order valence-corrected chi connectivity index (χ0v) is 11.5. The normalized spacial score (nSPS) is 12.3. The van der Waals surface area contributed by atoms with Gasteiger partial charge in [0.1, 0.15) is 11.1 Å². The van der Waals surface area contributed by atoms with E-state index in [1.54, 1.807) is 0 Å². The third kappa shape index (κ3) is 3.34. The number of hydrogen-bond acceptors (Lipinski definition) is 2.